The molecule has 27 heavy (non-hydrogen) atoms. The third-order valence-corrected chi connectivity index (χ3v) is 6.76. The number of hydrogen-bond acceptors (Lipinski definition) is 4. The Balaban J connectivity index is 1.57. The second-order valence-electron chi connectivity index (χ2n) is 7.11. The van der Waals surface area contributed by atoms with Crippen molar-refractivity contribution in [2.45, 2.75) is 32.4 Å². The van der Waals surface area contributed by atoms with Crippen LogP contribution in [0.5, 0.6) is 5.75 Å². The second-order valence-corrected chi connectivity index (χ2v) is 9.07. The van der Waals surface area contributed by atoms with Gasteiger partial charge in [0.05, 0.1) is 11.7 Å². The topological polar surface area (TPSA) is 63.7 Å². The molecule has 0 unspecified atom stereocenters. The highest BCUT2D eigenvalue weighted by Gasteiger charge is 2.32. The van der Waals surface area contributed by atoms with Gasteiger partial charge in [-0.05, 0) is 43.9 Å². The van der Waals surface area contributed by atoms with Crippen LogP contribution in [0.2, 0.25) is 0 Å². The number of benzene rings is 2. The Morgan fingerprint density at radius 1 is 1.07 bits per heavy atom. The molecule has 2 aromatic rings. The van der Waals surface area contributed by atoms with Gasteiger partial charge in [-0.3, -0.25) is 4.79 Å². The molecule has 0 spiro atoms. The van der Waals surface area contributed by atoms with Crippen molar-refractivity contribution in [2.75, 3.05) is 13.1 Å². The first-order valence-corrected chi connectivity index (χ1v) is 10.8. The Morgan fingerprint density at radius 2 is 1.74 bits per heavy atom. The predicted molar refractivity (Wildman–Crippen MR) is 105 cm³/mol. The number of ether oxygens (including phenoxy) is 1. The van der Waals surface area contributed by atoms with Crippen LogP contribution in [-0.4, -0.2) is 31.8 Å². The lowest BCUT2D eigenvalue weighted by atomic mass is 9.98. The van der Waals surface area contributed by atoms with Crippen molar-refractivity contribution >= 4 is 16.0 Å². The standard InChI is InChI=1S/C21H25NO4S/c1-16-8-9-20(17(2)14-16)26-21(23)19-10-12-22(13-11-19)27(24,25)15-18-6-4-3-5-7-18/h3-9,14,19H,10-13,15H2,1-2H3. The lowest BCUT2D eigenvalue weighted by Crippen LogP contribution is -2.41. The van der Waals surface area contributed by atoms with Crippen molar-refractivity contribution in [3.8, 4) is 5.75 Å². The first-order chi connectivity index (χ1) is 12.8. The van der Waals surface area contributed by atoms with Gasteiger partial charge in [-0.1, -0.05) is 48.0 Å². The molecule has 0 atom stereocenters. The number of hydrogen-bond donors (Lipinski definition) is 0. The molecule has 6 heteroatoms. The molecule has 5 nitrogen and oxygen atoms in total. The maximum Gasteiger partial charge on any atom is 0.314 e. The molecule has 144 valence electrons. The number of esters is 1. The van der Waals surface area contributed by atoms with Crippen LogP contribution >= 0.6 is 0 Å². The third kappa shape index (κ3) is 4.96. The molecule has 0 aromatic heterocycles. The fourth-order valence-electron chi connectivity index (χ4n) is 3.35. The summed E-state index contributed by atoms with van der Waals surface area (Å²) in [6, 6.07) is 14.8. The third-order valence-electron chi connectivity index (χ3n) is 4.91. The van der Waals surface area contributed by atoms with Crippen LogP contribution in [0.1, 0.15) is 29.5 Å². The van der Waals surface area contributed by atoms with Crippen LogP contribution in [0.3, 0.4) is 0 Å². The second kappa shape index (κ2) is 8.23. The molecule has 0 aliphatic carbocycles. The Morgan fingerprint density at radius 3 is 2.37 bits per heavy atom. The lowest BCUT2D eigenvalue weighted by Gasteiger charge is -2.30. The zero-order chi connectivity index (χ0) is 19.4. The predicted octanol–water partition coefficient (Wildman–Crippen LogP) is 3.45. The summed E-state index contributed by atoms with van der Waals surface area (Å²) in [5, 5.41) is 0. The van der Waals surface area contributed by atoms with Gasteiger partial charge in [0.2, 0.25) is 10.0 Å². The van der Waals surface area contributed by atoms with E-state index in [-0.39, 0.29) is 17.6 Å². The van der Waals surface area contributed by atoms with Gasteiger partial charge in [0.25, 0.3) is 0 Å². The van der Waals surface area contributed by atoms with Crippen molar-refractivity contribution < 1.29 is 17.9 Å². The van der Waals surface area contributed by atoms with Gasteiger partial charge in [0.1, 0.15) is 5.75 Å². The van der Waals surface area contributed by atoms with Crippen molar-refractivity contribution in [2.24, 2.45) is 5.92 Å². The van der Waals surface area contributed by atoms with Crippen LogP contribution < -0.4 is 4.74 Å². The van der Waals surface area contributed by atoms with Gasteiger partial charge in [-0.2, -0.15) is 0 Å². The van der Waals surface area contributed by atoms with Gasteiger partial charge in [-0.15, -0.1) is 0 Å². The van der Waals surface area contributed by atoms with Gasteiger partial charge < -0.3 is 4.74 Å². The molecule has 0 N–H and O–H groups in total. The fourth-order valence-corrected chi connectivity index (χ4v) is 4.91. The molecule has 1 fully saturated rings. The van der Waals surface area contributed by atoms with Gasteiger partial charge in [-0.25, -0.2) is 12.7 Å². The quantitative estimate of drug-likeness (QED) is 0.582. The highest BCUT2D eigenvalue weighted by molar-refractivity contribution is 7.88. The summed E-state index contributed by atoms with van der Waals surface area (Å²) >= 11 is 0. The van der Waals surface area contributed by atoms with E-state index in [9.17, 15) is 13.2 Å². The molecule has 0 amide bonds. The Hall–Kier alpha value is -2.18. The van der Waals surface area contributed by atoms with Crippen LogP contribution in [-0.2, 0) is 20.6 Å². The van der Waals surface area contributed by atoms with Gasteiger partial charge in [0, 0.05) is 13.1 Å². The van der Waals surface area contributed by atoms with Crippen molar-refractivity contribution in [1.29, 1.82) is 0 Å². The zero-order valence-corrected chi connectivity index (χ0v) is 16.5. The van der Waals surface area contributed by atoms with Crippen LogP contribution in [0.4, 0.5) is 0 Å². The normalized spacial score (nSPS) is 16.2. The molecule has 2 aromatic carbocycles. The molecule has 0 bridgehead atoms. The number of sulfonamides is 1. The number of carbonyl (C=O) groups is 1. The van der Waals surface area contributed by atoms with E-state index in [0.29, 0.717) is 31.7 Å². The van der Waals surface area contributed by atoms with E-state index in [0.717, 1.165) is 16.7 Å². The van der Waals surface area contributed by atoms with Crippen LogP contribution in [0.25, 0.3) is 0 Å². The Bertz CT molecular complexity index is 901. The van der Waals surface area contributed by atoms with Gasteiger partial charge in [0.15, 0.2) is 0 Å². The lowest BCUT2D eigenvalue weighted by molar-refractivity contribution is -0.140. The van der Waals surface area contributed by atoms with Crippen molar-refractivity contribution in [1.82, 2.24) is 4.31 Å². The number of aryl methyl sites for hydroxylation is 2. The zero-order valence-electron chi connectivity index (χ0n) is 15.7. The molecule has 1 aliphatic rings. The van der Waals surface area contributed by atoms with Crippen LogP contribution in [0, 0.1) is 19.8 Å². The Kier molecular flexibility index (Phi) is 5.97. The molecule has 0 radical (unpaired) electrons. The molecule has 1 saturated heterocycles. The van der Waals surface area contributed by atoms with Crippen molar-refractivity contribution in [3.05, 3.63) is 65.2 Å². The maximum absolute atomic E-state index is 12.6. The number of rotatable bonds is 5. The summed E-state index contributed by atoms with van der Waals surface area (Å²) in [5.41, 5.74) is 2.81. The highest BCUT2D eigenvalue weighted by atomic mass is 32.2. The number of nitrogens with zero attached hydrogens (tertiary/aromatic N) is 1. The summed E-state index contributed by atoms with van der Waals surface area (Å²) in [6.45, 7) is 4.60. The molecular weight excluding hydrogens is 362 g/mol. The monoisotopic (exact) mass is 387 g/mol. The molecule has 1 heterocycles. The summed E-state index contributed by atoms with van der Waals surface area (Å²) in [6.07, 6.45) is 0.968. The summed E-state index contributed by atoms with van der Waals surface area (Å²) in [7, 11) is -3.37. The van der Waals surface area contributed by atoms with E-state index in [1.165, 1.54) is 4.31 Å². The first-order valence-electron chi connectivity index (χ1n) is 9.16. The van der Waals surface area contributed by atoms with E-state index >= 15 is 0 Å². The molecule has 3 rings (SSSR count). The average Bonchev–Trinajstić information content (AvgIpc) is 2.64. The van der Waals surface area contributed by atoms with E-state index < -0.39 is 10.0 Å². The van der Waals surface area contributed by atoms with E-state index in [1.54, 1.807) is 0 Å². The minimum atomic E-state index is -3.37. The minimum absolute atomic E-state index is 0.00842. The SMILES string of the molecule is Cc1ccc(OC(=O)C2CCN(S(=O)(=O)Cc3ccccc3)CC2)c(C)c1. The summed E-state index contributed by atoms with van der Waals surface area (Å²) in [4.78, 5) is 12.5. The maximum atomic E-state index is 12.6. The highest BCUT2D eigenvalue weighted by Crippen LogP contribution is 2.25. The molecular formula is C21H25NO4S. The van der Waals surface area contributed by atoms with Crippen molar-refractivity contribution in [3.63, 3.8) is 0 Å². The number of piperidine rings is 1. The minimum Gasteiger partial charge on any atom is -0.426 e. The summed E-state index contributed by atoms with van der Waals surface area (Å²) < 4.78 is 32.3. The van der Waals surface area contributed by atoms with E-state index in [4.69, 9.17) is 4.74 Å². The Labute approximate surface area is 161 Å². The first kappa shape index (κ1) is 19.6. The largest absolute Gasteiger partial charge is 0.426 e. The smallest absolute Gasteiger partial charge is 0.314 e. The van der Waals surface area contributed by atoms with Crippen LogP contribution in [0.15, 0.2) is 48.5 Å². The molecule has 0 saturated carbocycles. The van der Waals surface area contributed by atoms with Gasteiger partial charge >= 0.3 is 5.97 Å². The fraction of sp³-hybridized carbons (Fsp3) is 0.381. The van der Waals surface area contributed by atoms with E-state index in [2.05, 4.69) is 0 Å². The number of carbonyl (C=O) groups excluding carboxylic acids is 1. The summed E-state index contributed by atoms with van der Waals surface area (Å²) in [5.74, 6) is 0.0200. The molecule has 1 aliphatic heterocycles. The van der Waals surface area contributed by atoms with E-state index in [1.807, 2.05) is 62.4 Å². The average molecular weight is 388 g/mol.